The highest BCUT2D eigenvalue weighted by Crippen LogP contribution is 2.29. The van der Waals surface area contributed by atoms with Gasteiger partial charge in [0.15, 0.2) is 0 Å². The molecule has 1 aromatic heterocycles. The number of amides is 1. The number of carbonyl (C=O) groups excluding carboxylic acids is 1. The van der Waals surface area contributed by atoms with E-state index in [4.69, 9.17) is 0 Å². The summed E-state index contributed by atoms with van der Waals surface area (Å²) in [6, 6.07) is 16.4. The minimum atomic E-state index is -4.45. The van der Waals surface area contributed by atoms with Crippen LogP contribution in [0, 0.1) is 0 Å². The van der Waals surface area contributed by atoms with Gasteiger partial charge in [-0.3, -0.25) is 9.78 Å². The van der Waals surface area contributed by atoms with Crippen LogP contribution in [-0.4, -0.2) is 57.4 Å². The van der Waals surface area contributed by atoms with E-state index < -0.39 is 29.7 Å². The molecule has 1 saturated heterocycles. The molecule has 2 aromatic carbocycles. The SMILES string of the molecule is O=C(O)C(CN1CCCCC1)N(Cc1ccc(-c2ccccn2)cc1)C(=O)/C=C/c1ccc(C(F)(F)F)cc1. The van der Waals surface area contributed by atoms with Gasteiger partial charge in [0.1, 0.15) is 6.04 Å². The number of hydrogen-bond donors (Lipinski definition) is 1. The number of pyridine rings is 1. The third-order valence-electron chi connectivity index (χ3n) is 6.75. The van der Waals surface area contributed by atoms with Crippen molar-refractivity contribution in [3.63, 3.8) is 0 Å². The molecule has 4 rings (SSSR count). The van der Waals surface area contributed by atoms with E-state index in [0.717, 1.165) is 61.3 Å². The molecular weight excluding hydrogens is 507 g/mol. The quantitative estimate of drug-likeness (QED) is 0.352. The summed E-state index contributed by atoms with van der Waals surface area (Å²) in [4.78, 5) is 33.5. The molecule has 1 aliphatic rings. The highest BCUT2D eigenvalue weighted by molar-refractivity contribution is 5.94. The maximum Gasteiger partial charge on any atom is 0.416 e. The van der Waals surface area contributed by atoms with Crippen LogP contribution in [0.25, 0.3) is 17.3 Å². The Hall–Kier alpha value is -3.98. The monoisotopic (exact) mass is 537 g/mol. The number of likely N-dealkylation sites (tertiary alicyclic amines) is 1. The zero-order valence-corrected chi connectivity index (χ0v) is 21.3. The molecule has 1 N–H and O–H groups in total. The fraction of sp³-hybridized carbons (Fsp3) is 0.300. The number of aliphatic carboxylic acids is 1. The van der Waals surface area contributed by atoms with Gasteiger partial charge in [0, 0.05) is 30.9 Å². The van der Waals surface area contributed by atoms with Crippen molar-refractivity contribution in [2.24, 2.45) is 0 Å². The van der Waals surface area contributed by atoms with Gasteiger partial charge in [-0.05, 0) is 67.4 Å². The standard InChI is InChI=1S/C30H30F3N3O3/c31-30(32,33)25-14-9-22(10-15-25)11-16-28(37)36(27(29(38)39)21-35-18-4-1-5-19-35)20-23-7-12-24(13-8-23)26-6-2-3-17-34-26/h2-3,6-17,27H,1,4-5,18-21H2,(H,38,39)/b16-11+. The Morgan fingerprint density at radius 2 is 1.67 bits per heavy atom. The second-order valence-corrected chi connectivity index (χ2v) is 9.55. The molecule has 1 amide bonds. The minimum Gasteiger partial charge on any atom is -0.480 e. The van der Waals surface area contributed by atoms with Gasteiger partial charge in [0.2, 0.25) is 5.91 Å². The first-order valence-electron chi connectivity index (χ1n) is 12.8. The Morgan fingerprint density at radius 1 is 0.974 bits per heavy atom. The Labute approximate surface area is 225 Å². The maximum atomic E-state index is 13.4. The van der Waals surface area contributed by atoms with Crippen LogP contribution < -0.4 is 0 Å². The Kier molecular flexibility index (Phi) is 9.14. The van der Waals surface area contributed by atoms with Crippen LogP contribution in [0.15, 0.2) is 79.0 Å². The lowest BCUT2D eigenvalue weighted by molar-refractivity contribution is -0.150. The number of carboxylic acid groups (broad SMARTS) is 1. The van der Waals surface area contributed by atoms with Crippen molar-refractivity contribution in [1.82, 2.24) is 14.8 Å². The van der Waals surface area contributed by atoms with Crippen LogP contribution in [0.5, 0.6) is 0 Å². The number of aromatic nitrogens is 1. The van der Waals surface area contributed by atoms with Gasteiger partial charge in [-0.1, -0.05) is 48.9 Å². The molecular formula is C30H30F3N3O3. The van der Waals surface area contributed by atoms with Crippen LogP contribution in [0.1, 0.15) is 36.0 Å². The van der Waals surface area contributed by atoms with E-state index in [1.165, 1.54) is 29.2 Å². The molecule has 0 radical (unpaired) electrons. The van der Waals surface area contributed by atoms with Crippen molar-refractivity contribution in [3.05, 3.63) is 95.7 Å². The average molecular weight is 538 g/mol. The topological polar surface area (TPSA) is 73.7 Å². The molecule has 1 fully saturated rings. The number of carbonyl (C=O) groups is 2. The number of piperidine rings is 1. The fourth-order valence-electron chi connectivity index (χ4n) is 4.60. The molecule has 6 nitrogen and oxygen atoms in total. The molecule has 1 aliphatic heterocycles. The number of halogens is 3. The van der Waals surface area contributed by atoms with Crippen molar-refractivity contribution in [3.8, 4) is 11.3 Å². The van der Waals surface area contributed by atoms with E-state index >= 15 is 0 Å². The van der Waals surface area contributed by atoms with Crippen molar-refractivity contribution < 1.29 is 27.9 Å². The number of hydrogen-bond acceptors (Lipinski definition) is 4. The van der Waals surface area contributed by atoms with Crippen LogP contribution >= 0.6 is 0 Å². The number of rotatable bonds is 9. The molecule has 0 spiro atoms. The molecule has 1 atom stereocenters. The summed E-state index contributed by atoms with van der Waals surface area (Å²) >= 11 is 0. The number of nitrogens with zero attached hydrogens (tertiary/aromatic N) is 3. The van der Waals surface area contributed by atoms with E-state index in [9.17, 15) is 27.9 Å². The summed E-state index contributed by atoms with van der Waals surface area (Å²) in [6.45, 7) is 1.79. The molecule has 2 heterocycles. The summed E-state index contributed by atoms with van der Waals surface area (Å²) in [5.74, 6) is -1.64. The van der Waals surface area contributed by atoms with Crippen molar-refractivity contribution in [2.75, 3.05) is 19.6 Å². The normalized spacial score (nSPS) is 15.3. The average Bonchev–Trinajstić information content (AvgIpc) is 2.94. The molecule has 0 aliphatic carbocycles. The molecule has 204 valence electrons. The van der Waals surface area contributed by atoms with E-state index in [0.29, 0.717) is 5.56 Å². The van der Waals surface area contributed by atoms with Gasteiger partial charge in [-0.15, -0.1) is 0 Å². The van der Waals surface area contributed by atoms with Gasteiger partial charge in [-0.2, -0.15) is 13.2 Å². The molecule has 9 heteroatoms. The van der Waals surface area contributed by atoms with E-state index in [-0.39, 0.29) is 13.1 Å². The second-order valence-electron chi connectivity index (χ2n) is 9.55. The lowest BCUT2D eigenvalue weighted by Crippen LogP contribution is -2.51. The molecule has 1 unspecified atom stereocenters. The first-order chi connectivity index (χ1) is 18.7. The van der Waals surface area contributed by atoms with Crippen molar-refractivity contribution in [2.45, 2.75) is 38.0 Å². The Bertz CT molecular complexity index is 1270. The highest BCUT2D eigenvalue weighted by Gasteiger charge is 2.32. The van der Waals surface area contributed by atoms with E-state index in [2.05, 4.69) is 9.88 Å². The lowest BCUT2D eigenvalue weighted by Gasteiger charge is -2.34. The second kappa shape index (κ2) is 12.7. The zero-order chi connectivity index (χ0) is 27.8. The Balaban J connectivity index is 1.57. The van der Waals surface area contributed by atoms with Crippen LogP contribution in [0.4, 0.5) is 13.2 Å². The molecule has 0 bridgehead atoms. The van der Waals surface area contributed by atoms with Crippen molar-refractivity contribution in [1.29, 1.82) is 0 Å². The third-order valence-corrected chi connectivity index (χ3v) is 6.75. The summed E-state index contributed by atoms with van der Waals surface area (Å²) in [6.07, 6.45) is 2.91. The maximum absolute atomic E-state index is 13.4. The van der Waals surface area contributed by atoms with Crippen molar-refractivity contribution >= 4 is 18.0 Å². The van der Waals surface area contributed by atoms with E-state index in [1.54, 1.807) is 6.20 Å². The largest absolute Gasteiger partial charge is 0.480 e. The van der Waals surface area contributed by atoms with Gasteiger partial charge >= 0.3 is 12.1 Å². The van der Waals surface area contributed by atoms with Gasteiger partial charge in [0.25, 0.3) is 0 Å². The zero-order valence-electron chi connectivity index (χ0n) is 21.3. The number of carboxylic acids is 1. The van der Waals surface area contributed by atoms with Crippen LogP contribution in [0.3, 0.4) is 0 Å². The Morgan fingerprint density at radius 3 is 2.26 bits per heavy atom. The predicted molar refractivity (Wildman–Crippen MR) is 142 cm³/mol. The molecule has 3 aromatic rings. The summed E-state index contributed by atoms with van der Waals surface area (Å²) in [5.41, 5.74) is 2.05. The van der Waals surface area contributed by atoms with Crippen LogP contribution in [0.2, 0.25) is 0 Å². The van der Waals surface area contributed by atoms with Gasteiger partial charge in [0.05, 0.1) is 11.3 Å². The molecule has 39 heavy (non-hydrogen) atoms. The number of alkyl halides is 3. The summed E-state index contributed by atoms with van der Waals surface area (Å²) in [7, 11) is 0. The van der Waals surface area contributed by atoms with Gasteiger partial charge in [-0.25, -0.2) is 4.79 Å². The smallest absolute Gasteiger partial charge is 0.416 e. The fourth-order valence-corrected chi connectivity index (χ4v) is 4.60. The highest BCUT2D eigenvalue weighted by atomic mass is 19.4. The first kappa shape index (κ1) is 28.0. The summed E-state index contributed by atoms with van der Waals surface area (Å²) in [5, 5.41) is 10.1. The summed E-state index contributed by atoms with van der Waals surface area (Å²) < 4.78 is 38.6. The minimum absolute atomic E-state index is 0.0590. The third kappa shape index (κ3) is 7.77. The molecule has 0 saturated carbocycles. The van der Waals surface area contributed by atoms with Gasteiger partial charge < -0.3 is 14.9 Å². The van der Waals surface area contributed by atoms with Crippen LogP contribution in [-0.2, 0) is 22.3 Å². The number of benzene rings is 2. The lowest BCUT2D eigenvalue weighted by atomic mass is 10.1. The first-order valence-corrected chi connectivity index (χ1v) is 12.8. The predicted octanol–water partition coefficient (Wildman–Crippen LogP) is 5.75. The van der Waals surface area contributed by atoms with E-state index in [1.807, 2.05) is 42.5 Å².